The minimum atomic E-state index is 0.529. The zero-order valence-corrected chi connectivity index (χ0v) is 17.5. The average molecular weight is 385 g/mol. The number of thiocarbonyl (C=S) groups is 1. The Labute approximate surface area is 163 Å². The lowest BCUT2D eigenvalue weighted by Gasteiger charge is -2.39. The number of likely N-dealkylation sites (tertiary alicyclic amines) is 1. The van der Waals surface area contributed by atoms with E-state index >= 15 is 0 Å². The van der Waals surface area contributed by atoms with Crippen LogP contribution in [-0.4, -0.2) is 62.4 Å². The fourth-order valence-corrected chi connectivity index (χ4v) is 3.97. The third kappa shape index (κ3) is 6.41. The van der Waals surface area contributed by atoms with Gasteiger partial charge in [0.05, 0.1) is 46.3 Å². The third-order valence-electron chi connectivity index (χ3n) is 5.04. The molecule has 0 amide bonds. The lowest BCUT2D eigenvalue weighted by molar-refractivity contribution is -0.926. The van der Waals surface area contributed by atoms with E-state index in [9.17, 15) is 0 Å². The van der Waals surface area contributed by atoms with Crippen molar-refractivity contribution in [1.82, 2.24) is 4.90 Å². The van der Waals surface area contributed by atoms with E-state index in [0.29, 0.717) is 12.1 Å². The first kappa shape index (κ1) is 20.4. The van der Waals surface area contributed by atoms with Gasteiger partial charge in [-0.3, -0.25) is 0 Å². The van der Waals surface area contributed by atoms with E-state index < -0.39 is 0 Å². The quantitative estimate of drug-likeness (QED) is 0.636. The van der Waals surface area contributed by atoms with Gasteiger partial charge in [-0.05, 0) is 44.3 Å². The molecule has 0 radical (unpaired) electrons. The Morgan fingerprint density at radius 3 is 2.60 bits per heavy atom. The summed E-state index contributed by atoms with van der Waals surface area (Å²) in [5.41, 5.74) is 0.963. The van der Waals surface area contributed by atoms with Crippen LogP contribution in [-0.2, 0) is 0 Å². The zero-order valence-electron chi connectivity index (χ0n) is 15.9. The molecule has 25 heavy (non-hydrogen) atoms. The molecule has 2 rings (SSSR count). The Bertz CT molecular complexity index is 556. The van der Waals surface area contributed by atoms with Gasteiger partial charge in [0.15, 0.2) is 5.11 Å². The first-order chi connectivity index (χ1) is 11.9. The molecule has 1 saturated heterocycles. The highest BCUT2D eigenvalue weighted by Gasteiger charge is 2.29. The second-order valence-corrected chi connectivity index (χ2v) is 8.46. The van der Waals surface area contributed by atoms with Crippen LogP contribution in [0, 0.1) is 0 Å². The van der Waals surface area contributed by atoms with Crippen molar-refractivity contribution in [2.75, 3.05) is 45.6 Å². The molecule has 0 aromatic heterocycles. The van der Waals surface area contributed by atoms with Gasteiger partial charge in [0.25, 0.3) is 0 Å². The number of hydrogen-bond acceptors (Lipinski definition) is 1. The van der Waals surface area contributed by atoms with Crippen LogP contribution in [0.1, 0.15) is 26.7 Å². The largest absolute Gasteiger partial charge is 0.340 e. The monoisotopic (exact) mass is 384 g/mol. The summed E-state index contributed by atoms with van der Waals surface area (Å²) in [6, 6.07) is 9.01. The van der Waals surface area contributed by atoms with Crippen molar-refractivity contribution in [2.24, 2.45) is 0 Å². The number of benzene rings is 1. The van der Waals surface area contributed by atoms with E-state index in [2.05, 4.69) is 38.2 Å². The fourth-order valence-electron chi connectivity index (χ4n) is 3.42. The summed E-state index contributed by atoms with van der Waals surface area (Å²) >= 11 is 11.9. The predicted octanol–water partition coefficient (Wildman–Crippen LogP) is 0.939. The van der Waals surface area contributed by atoms with Crippen molar-refractivity contribution in [1.29, 1.82) is 0 Å². The van der Waals surface area contributed by atoms with Crippen molar-refractivity contribution >= 4 is 34.6 Å². The number of rotatable bonds is 6. The summed E-state index contributed by atoms with van der Waals surface area (Å²) in [7, 11) is 4.38. The van der Waals surface area contributed by atoms with Gasteiger partial charge in [-0.1, -0.05) is 17.7 Å². The molecular formula is C19H33ClN4S+2. The molecule has 1 aliphatic heterocycles. The van der Waals surface area contributed by atoms with Gasteiger partial charge in [0.1, 0.15) is 0 Å². The number of nitrogens with zero attached hydrogens (tertiary/aromatic N) is 1. The fraction of sp³-hybridized carbons (Fsp3) is 0.632. The molecule has 0 unspecified atom stereocenters. The number of likely N-dealkylation sites (N-methyl/N-ethyl adjacent to an activating group) is 1. The molecule has 3 N–H and O–H groups in total. The maximum atomic E-state index is 6.10. The van der Waals surface area contributed by atoms with E-state index in [4.69, 9.17) is 23.8 Å². The summed E-state index contributed by atoms with van der Waals surface area (Å²) in [5.74, 6) is 0. The van der Waals surface area contributed by atoms with E-state index in [1.165, 1.54) is 30.8 Å². The van der Waals surface area contributed by atoms with Crippen LogP contribution in [0.25, 0.3) is 0 Å². The molecule has 0 saturated carbocycles. The first-order valence-corrected chi connectivity index (χ1v) is 10.1. The van der Waals surface area contributed by atoms with Crippen LogP contribution >= 0.6 is 23.8 Å². The van der Waals surface area contributed by atoms with Crippen LogP contribution < -0.4 is 15.1 Å². The minimum absolute atomic E-state index is 0.529. The van der Waals surface area contributed by atoms with Gasteiger partial charge >= 0.3 is 0 Å². The molecule has 0 bridgehead atoms. The molecule has 0 atom stereocenters. The molecule has 4 nitrogen and oxygen atoms in total. The number of hydrogen-bond donors (Lipinski definition) is 3. The summed E-state index contributed by atoms with van der Waals surface area (Å²) in [4.78, 5) is 5.56. The maximum absolute atomic E-state index is 6.10. The normalized spacial score (nSPS) is 20.8. The van der Waals surface area contributed by atoms with Crippen molar-refractivity contribution in [3.8, 4) is 0 Å². The summed E-state index contributed by atoms with van der Waals surface area (Å²) in [6.07, 6.45) is 2.40. The smallest absolute Gasteiger partial charge is 0.173 e. The number of halogens is 1. The lowest BCUT2D eigenvalue weighted by Crippen LogP contribution is -3.16. The first-order valence-electron chi connectivity index (χ1n) is 9.33. The van der Waals surface area contributed by atoms with Crippen molar-refractivity contribution in [3.63, 3.8) is 0 Å². The van der Waals surface area contributed by atoms with E-state index in [1.807, 2.05) is 24.3 Å². The third-order valence-corrected chi connectivity index (χ3v) is 5.62. The van der Waals surface area contributed by atoms with Crippen LogP contribution in [0.5, 0.6) is 0 Å². The minimum Gasteiger partial charge on any atom is -0.340 e. The average Bonchev–Trinajstić information content (AvgIpc) is 2.55. The number of anilines is 1. The van der Waals surface area contributed by atoms with Crippen molar-refractivity contribution in [2.45, 2.75) is 38.8 Å². The van der Waals surface area contributed by atoms with Crippen LogP contribution in [0.2, 0.25) is 5.02 Å². The highest BCUT2D eigenvalue weighted by atomic mass is 35.5. The Kier molecular flexibility index (Phi) is 7.94. The summed E-state index contributed by atoms with van der Waals surface area (Å²) in [6.45, 7) is 9.15. The summed E-state index contributed by atoms with van der Waals surface area (Å²) in [5, 5.41) is 4.94. The molecule has 1 aliphatic rings. The molecular weight excluding hydrogens is 352 g/mol. The molecule has 1 aromatic rings. The molecule has 1 heterocycles. The lowest BCUT2D eigenvalue weighted by atomic mass is 10.0. The summed E-state index contributed by atoms with van der Waals surface area (Å²) < 4.78 is 0. The van der Waals surface area contributed by atoms with E-state index in [-0.39, 0.29) is 0 Å². The van der Waals surface area contributed by atoms with Gasteiger partial charge in [-0.25, -0.2) is 0 Å². The van der Waals surface area contributed by atoms with Crippen LogP contribution in [0.15, 0.2) is 24.3 Å². The van der Waals surface area contributed by atoms with Gasteiger partial charge in [0.2, 0.25) is 0 Å². The van der Waals surface area contributed by atoms with Crippen molar-refractivity contribution in [3.05, 3.63) is 29.3 Å². The Morgan fingerprint density at radius 1 is 1.36 bits per heavy atom. The molecule has 1 aromatic carbocycles. The highest BCUT2D eigenvalue weighted by Crippen LogP contribution is 2.17. The Balaban J connectivity index is 2.03. The number of quaternary nitrogens is 2. The molecule has 0 aliphatic carbocycles. The van der Waals surface area contributed by atoms with Crippen molar-refractivity contribution < 1.29 is 9.80 Å². The van der Waals surface area contributed by atoms with Crippen LogP contribution in [0.3, 0.4) is 0 Å². The molecule has 6 heteroatoms. The van der Waals surface area contributed by atoms with Gasteiger partial charge in [-0.15, -0.1) is 0 Å². The number of piperidine rings is 1. The highest BCUT2D eigenvalue weighted by molar-refractivity contribution is 7.80. The van der Waals surface area contributed by atoms with Gasteiger partial charge < -0.3 is 20.0 Å². The number of nitrogens with one attached hydrogen (secondary N) is 3. The standard InChI is InChI=1S/C19H31ClN4S/c1-15(2)23-10-8-18(9-11-23)24(13-12-22(3)4)19(25)21-17-7-5-6-16(20)14-17/h5-7,14-15,18H,8-13H2,1-4H3,(H,21,25)/p+2. The van der Waals surface area contributed by atoms with Gasteiger partial charge in [0, 0.05) is 29.6 Å². The Hall–Kier alpha value is -0.880. The maximum Gasteiger partial charge on any atom is 0.173 e. The van der Waals surface area contributed by atoms with E-state index in [1.54, 1.807) is 4.90 Å². The Morgan fingerprint density at radius 2 is 2.04 bits per heavy atom. The molecule has 0 spiro atoms. The second kappa shape index (κ2) is 9.72. The second-order valence-electron chi connectivity index (χ2n) is 7.64. The topological polar surface area (TPSA) is 24.1 Å². The van der Waals surface area contributed by atoms with E-state index in [0.717, 1.165) is 28.9 Å². The molecule has 1 fully saturated rings. The van der Waals surface area contributed by atoms with Crippen LogP contribution in [0.4, 0.5) is 5.69 Å². The predicted molar refractivity (Wildman–Crippen MR) is 111 cm³/mol. The molecule has 140 valence electrons. The zero-order chi connectivity index (χ0) is 18.4. The van der Waals surface area contributed by atoms with Gasteiger partial charge in [-0.2, -0.15) is 0 Å². The SMILES string of the molecule is CC(C)[NH+]1CCC(N(CC[NH+](C)C)C(=S)Nc2cccc(Cl)c2)CC1.